The Kier molecular flexibility index (Phi) is 3.61. The van der Waals surface area contributed by atoms with E-state index in [-0.39, 0.29) is 5.56 Å². The van der Waals surface area contributed by atoms with Gasteiger partial charge >= 0.3 is 6.18 Å². The van der Waals surface area contributed by atoms with Gasteiger partial charge in [-0.15, -0.1) is 0 Å². The van der Waals surface area contributed by atoms with E-state index in [2.05, 4.69) is 5.10 Å². The Morgan fingerprint density at radius 2 is 2.05 bits per heavy atom. The molecule has 1 heterocycles. The average molecular weight is 286 g/mol. The topological polar surface area (TPSA) is 34.9 Å². The summed E-state index contributed by atoms with van der Waals surface area (Å²) < 4.78 is 52.7. The van der Waals surface area contributed by atoms with Crippen LogP contribution >= 0.6 is 0 Å². The third-order valence-corrected chi connectivity index (χ3v) is 2.76. The third-order valence-electron chi connectivity index (χ3n) is 2.76. The number of hydrogen-bond acceptors (Lipinski definition) is 2. The van der Waals surface area contributed by atoms with E-state index in [1.807, 2.05) is 0 Å². The molecule has 1 aromatic heterocycles. The van der Waals surface area contributed by atoms with Gasteiger partial charge in [0, 0.05) is 12.7 Å². The smallest absolute Gasteiger partial charge is 0.288 e. The third kappa shape index (κ3) is 2.71. The highest BCUT2D eigenvalue weighted by molar-refractivity contribution is 6.09. The molecule has 0 unspecified atom stereocenters. The second-order valence-electron chi connectivity index (χ2n) is 4.11. The number of rotatable bonds is 3. The van der Waals surface area contributed by atoms with E-state index in [0.29, 0.717) is 24.7 Å². The molecule has 2 rings (SSSR count). The van der Waals surface area contributed by atoms with E-state index < -0.39 is 28.9 Å². The molecule has 0 saturated heterocycles. The number of benzene rings is 1. The molecular weight excluding hydrogens is 276 g/mol. The number of aryl methyl sites for hydroxylation is 1. The Labute approximate surface area is 111 Å². The molecule has 7 heteroatoms. The van der Waals surface area contributed by atoms with Gasteiger partial charge in [-0.05, 0) is 25.1 Å². The molecule has 0 fully saturated rings. The van der Waals surface area contributed by atoms with Crippen molar-refractivity contribution in [1.82, 2.24) is 9.78 Å². The number of ketones is 1. The van der Waals surface area contributed by atoms with Crippen molar-refractivity contribution in [3.63, 3.8) is 0 Å². The normalized spacial score (nSPS) is 11.7. The van der Waals surface area contributed by atoms with Gasteiger partial charge in [-0.2, -0.15) is 18.3 Å². The van der Waals surface area contributed by atoms with Gasteiger partial charge in [0.05, 0.1) is 22.9 Å². The summed E-state index contributed by atoms with van der Waals surface area (Å²) in [5.74, 6) is -1.82. The number of nitrogens with zero attached hydrogens (tertiary/aromatic N) is 2. The highest BCUT2D eigenvalue weighted by atomic mass is 19.4. The fraction of sp³-hybridized carbons (Fsp3) is 0.231. The van der Waals surface area contributed by atoms with Crippen molar-refractivity contribution in [2.45, 2.75) is 19.6 Å². The van der Waals surface area contributed by atoms with Crippen LogP contribution in [0.15, 0.2) is 30.6 Å². The summed E-state index contributed by atoms with van der Waals surface area (Å²) in [6, 6.07) is 1.75. The molecule has 3 nitrogen and oxygen atoms in total. The molecule has 0 aliphatic rings. The van der Waals surface area contributed by atoms with Crippen molar-refractivity contribution in [3.05, 3.63) is 53.1 Å². The van der Waals surface area contributed by atoms with Crippen LogP contribution in [0.2, 0.25) is 0 Å². The lowest BCUT2D eigenvalue weighted by Gasteiger charge is -2.08. The fourth-order valence-electron chi connectivity index (χ4n) is 1.68. The molecule has 0 aliphatic heterocycles. The minimum absolute atomic E-state index is 0.0464. The van der Waals surface area contributed by atoms with Crippen LogP contribution in [0, 0.1) is 5.82 Å². The Bertz CT molecular complexity index is 646. The molecule has 0 amide bonds. The van der Waals surface area contributed by atoms with Crippen LogP contribution in [0.4, 0.5) is 17.6 Å². The van der Waals surface area contributed by atoms with Crippen LogP contribution in [0.1, 0.15) is 28.4 Å². The van der Waals surface area contributed by atoms with Gasteiger partial charge in [-0.1, -0.05) is 0 Å². The van der Waals surface area contributed by atoms with Crippen LogP contribution in [0.25, 0.3) is 0 Å². The maximum Gasteiger partial charge on any atom is 0.416 e. The molecule has 0 bridgehead atoms. The van der Waals surface area contributed by atoms with Crippen molar-refractivity contribution in [2.24, 2.45) is 0 Å². The first-order valence-corrected chi connectivity index (χ1v) is 5.77. The first-order valence-electron chi connectivity index (χ1n) is 5.77. The largest absolute Gasteiger partial charge is 0.416 e. The summed E-state index contributed by atoms with van der Waals surface area (Å²) in [6.45, 7) is 2.28. The monoisotopic (exact) mass is 286 g/mol. The molecule has 2 aromatic rings. The van der Waals surface area contributed by atoms with Crippen molar-refractivity contribution in [3.8, 4) is 0 Å². The highest BCUT2D eigenvalue weighted by Gasteiger charge is 2.32. The quantitative estimate of drug-likeness (QED) is 0.641. The Morgan fingerprint density at radius 1 is 1.35 bits per heavy atom. The summed E-state index contributed by atoms with van der Waals surface area (Å²) in [5, 5.41) is 3.83. The maximum atomic E-state index is 13.6. The molecular formula is C13H10F4N2O. The summed E-state index contributed by atoms with van der Waals surface area (Å²) in [7, 11) is 0. The van der Waals surface area contributed by atoms with E-state index in [0.717, 1.165) is 0 Å². The first-order chi connectivity index (χ1) is 9.32. The molecule has 0 atom stereocenters. The summed E-state index contributed by atoms with van der Waals surface area (Å²) in [6.07, 6.45) is -2.07. The van der Waals surface area contributed by atoms with E-state index in [1.165, 1.54) is 17.1 Å². The number of carbonyl (C=O) groups is 1. The van der Waals surface area contributed by atoms with Crippen molar-refractivity contribution in [2.75, 3.05) is 0 Å². The zero-order valence-electron chi connectivity index (χ0n) is 10.4. The lowest BCUT2D eigenvalue weighted by atomic mass is 10.0. The van der Waals surface area contributed by atoms with Crippen LogP contribution in [-0.4, -0.2) is 15.6 Å². The van der Waals surface area contributed by atoms with Gasteiger partial charge in [-0.25, -0.2) is 4.39 Å². The summed E-state index contributed by atoms with van der Waals surface area (Å²) >= 11 is 0. The SMILES string of the molecule is CCn1cc(C(=O)c2cc(C(F)(F)F)ccc2F)cn1. The Hall–Kier alpha value is -2.18. The number of hydrogen-bond donors (Lipinski definition) is 0. The van der Waals surface area contributed by atoms with Gasteiger partial charge in [0.15, 0.2) is 5.78 Å². The van der Waals surface area contributed by atoms with E-state index >= 15 is 0 Å². The predicted molar refractivity (Wildman–Crippen MR) is 62.7 cm³/mol. The van der Waals surface area contributed by atoms with Crippen molar-refractivity contribution < 1.29 is 22.4 Å². The minimum atomic E-state index is -4.63. The number of carbonyl (C=O) groups excluding carboxylic acids is 1. The maximum absolute atomic E-state index is 13.6. The number of alkyl halides is 3. The summed E-state index contributed by atoms with van der Waals surface area (Å²) in [4.78, 5) is 12.0. The van der Waals surface area contributed by atoms with Crippen LogP contribution in [0.3, 0.4) is 0 Å². The predicted octanol–water partition coefficient (Wildman–Crippen LogP) is 3.29. The van der Waals surface area contributed by atoms with E-state index in [4.69, 9.17) is 0 Å². The fourth-order valence-corrected chi connectivity index (χ4v) is 1.68. The van der Waals surface area contributed by atoms with Crippen molar-refractivity contribution in [1.29, 1.82) is 0 Å². The van der Waals surface area contributed by atoms with Gasteiger partial charge in [-0.3, -0.25) is 9.48 Å². The minimum Gasteiger partial charge on any atom is -0.288 e. The lowest BCUT2D eigenvalue weighted by Crippen LogP contribution is -2.10. The average Bonchev–Trinajstić information content (AvgIpc) is 2.86. The molecule has 106 valence electrons. The Morgan fingerprint density at radius 3 is 2.60 bits per heavy atom. The molecule has 0 radical (unpaired) electrons. The molecule has 0 spiro atoms. The zero-order valence-corrected chi connectivity index (χ0v) is 10.4. The summed E-state index contributed by atoms with van der Waals surface area (Å²) in [5.41, 5.74) is -1.63. The van der Waals surface area contributed by atoms with Crippen LogP contribution in [-0.2, 0) is 12.7 Å². The number of aromatic nitrogens is 2. The van der Waals surface area contributed by atoms with Crippen LogP contribution in [0.5, 0.6) is 0 Å². The zero-order chi connectivity index (χ0) is 14.9. The molecule has 20 heavy (non-hydrogen) atoms. The van der Waals surface area contributed by atoms with Gasteiger partial charge < -0.3 is 0 Å². The van der Waals surface area contributed by atoms with Gasteiger partial charge in [0.25, 0.3) is 0 Å². The van der Waals surface area contributed by atoms with Gasteiger partial charge in [0.2, 0.25) is 0 Å². The molecule has 0 saturated carbocycles. The molecule has 1 aromatic carbocycles. The van der Waals surface area contributed by atoms with E-state index in [1.54, 1.807) is 6.92 Å². The van der Waals surface area contributed by atoms with Crippen molar-refractivity contribution >= 4 is 5.78 Å². The molecule has 0 aliphatic carbocycles. The van der Waals surface area contributed by atoms with Gasteiger partial charge in [0.1, 0.15) is 5.82 Å². The standard InChI is InChI=1S/C13H10F4N2O/c1-2-19-7-8(6-18-19)12(20)10-5-9(13(15,16)17)3-4-11(10)14/h3-7H,2H2,1H3. The number of halogens is 4. The van der Waals surface area contributed by atoms with Crippen LogP contribution < -0.4 is 0 Å². The second kappa shape index (κ2) is 5.07. The Balaban J connectivity index is 2.43. The highest BCUT2D eigenvalue weighted by Crippen LogP contribution is 2.30. The molecule has 0 N–H and O–H groups in total. The first kappa shape index (κ1) is 14.2. The van der Waals surface area contributed by atoms with E-state index in [9.17, 15) is 22.4 Å². The lowest BCUT2D eigenvalue weighted by molar-refractivity contribution is -0.137. The second-order valence-corrected chi connectivity index (χ2v) is 4.11.